The van der Waals surface area contributed by atoms with Crippen LogP contribution in [-0.4, -0.2) is 74.2 Å². The first-order valence-corrected chi connectivity index (χ1v) is 9.54. The second kappa shape index (κ2) is 11.7. The molecule has 0 spiro atoms. The lowest BCUT2D eigenvalue weighted by Crippen LogP contribution is -2.47. The molecule has 0 amide bonds. The summed E-state index contributed by atoms with van der Waals surface area (Å²) in [7, 11) is 0. The van der Waals surface area contributed by atoms with Gasteiger partial charge >= 0.3 is 0 Å². The van der Waals surface area contributed by atoms with E-state index in [0.29, 0.717) is 6.04 Å². The Kier molecular flexibility index (Phi) is 10.3. The molecule has 5 heteroatoms. The summed E-state index contributed by atoms with van der Waals surface area (Å²) in [6.45, 7) is 20.0. The molecule has 0 bridgehead atoms. The number of guanidine groups is 1. The molecule has 1 heterocycles. The third-order valence-corrected chi connectivity index (χ3v) is 4.50. The molecule has 0 aromatic carbocycles. The van der Waals surface area contributed by atoms with E-state index >= 15 is 0 Å². The Hall–Kier alpha value is -0.810. The molecular weight excluding hydrogens is 286 g/mol. The van der Waals surface area contributed by atoms with E-state index < -0.39 is 0 Å². The Bertz CT molecular complexity index is 321. The topological polar surface area (TPSA) is 42.9 Å². The molecule has 1 atom stereocenters. The fourth-order valence-electron chi connectivity index (χ4n) is 2.84. The Labute approximate surface area is 143 Å². The first kappa shape index (κ1) is 20.2. The number of nitrogens with zero attached hydrogens (tertiary/aromatic N) is 3. The highest BCUT2D eigenvalue weighted by atomic mass is 15.3. The summed E-state index contributed by atoms with van der Waals surface area (Å²) in [5.74, 6) is 1.73. The zero-order valence-corrected chi connectivity index (χ0v) is 16.1. The van der Waals surface area contributed by atoms with E-state index in [1.54, 1.807) is 0 Å². The van der Waals surface area contributed by atoms with Gasteiger partial charge in [-0.3, -0.25) is 9.89 Å². The van der Waals surface area contributed by atoms with Gasteiger partial charge in [0.25, 0.3) is 0 Å². The maximum Gasteiger partial charge on any atom is 0.191 e. The number of likely N-dealkylation sites (N-methyl/N-ethyl adjacent to an activating group) is 1. The van der Waals surface area contributed by atoms with Gasteiger partial charge in [-0.1, -0.05) is 20.8 Å². The fourth-order valence-corrected chi connectivity index (χ4v) is 2.84. The minimum Gasteiger partial charge on any atom is -0.357 e. The van der Waals surface area contributed by atoms with Crippen molar-refractivity contribution >= 4 is 5.96 Å². The molecule has 136 valence electrons. The van der Waals surface area contributed by atoms with Gasteiger partial charge in [-0.15, -0.1) is 0 Å². The van der Waals surface area contributed by atoms with E-state index in [9.17, 15) is 0 Å². The first-order valence-electron chi connectivity index (χ1n) is 9.54. The number of rotatable bonds is 9. The Morgan fingerprint density at radius 1 is 1.00 bits per heavy atom. The van der Waals surface area contributed by atoms with Gasteiger partial charge in [-0.25, -0.2) is 0 Å². The molecule has 0 aromatic rings. The van der Waals surface area contributed by atoms with Gasteiger partial charge in [-0.2, -0.15) is 0 Å². The van der Waals surface area contributed by atoms with E-state index in [1.807, 2.05) is 0 Å². The number of hydrogen-bond acceptors (Lipinski definition) is 3. The minimum atomic E-state index is 0.475. The monoisotopic (exact) mass is 325 g/mol. The lowest BCUT2D eigenvalue weighted by molar-refractivity contribution is 0.140. The molecule has 0 aromatic heterocycles. The van der Waals surface area contributed by atoms with Gasteiger partial charge in [-0.05, 0) is 39.2 Å². The van der Waals surface area contributed by atoms with Crippen LogP contribution in [0.25, 0.3) is 0 Å². The third-order valence-electron chi connectivity index (χ3n) is 4.50. The summed E-state index contributed by atoms with van der Waals surface area (Å²) in [5, 5.41) is 6.91. The Morgan fingerprint density at radius 2 is 1.65 bits per heavy atom. The maximum atomic E-state index is 4.75. The molecule has 1 aliphatic rings. The molecule has 1 aliphatic heterocycles. The third kappa shape index (κ3) is 9.16. The summed E-state index contributed by atoms with van der Waals surface area (Å²) >= 11 is 0. The highest BCUT2D eigenvalue weighted by Gasteiger charge is 2.14. The summed E-state index contributed by atoms with van der Waals surface area (Å²) in [5.41, 5.74) is 0. The quantitative estimate of drug-likeness (QED) is 0.503. The zero-order chi connectivity index (χ0) is 17.1. The van der Waals surface area contributed by atoms with Crippen LogP contribution in [0.1, 0.15) is 47.5 Å². The van der Waals surface area contributed by atoms with Crippen LogP contribution in [0.2, 0.25) is 0 Å². The van der Waals surface area contributed by atoms with Crippen LogP contribution in [0.4, 0.5) is 0 Å². The number of aliphatic imine (C=N–C) groups is 1. The number of piperazine rings is 1. The van der Waals surface area contributed by atoms with E-state index in [-0.39, 0.29) is 0 Å². The molecular formula is C18H39N5. The fraction of sp³-hybridized carbons (Fsp3) is 0.944. The van der Waals surface area contributed by atoms with E-state index in [2.05, 4.69) is 55.1 Å². The van der Waals surface area contributed by atoms with Crippen LogP contribution in [0.3, 0.4) is 0 Å². The van der Waals surface area contributed by atoms with Crippen LogP contribution in [0.5, 0.6) is 0 Å². The van der Waals surface area contributed by atoms with Gasteiger partial charge < -0.3 is 15.5 Å². The predicted octanol–water partition coefficient (Wildman–Crippen LogP) is 2.00. The SMILES string of the molecule is CCNC(=NCCN1CCN(CC)CC1)NC(C)CCC(C)C. The van der Waals surface area contributed by atoms with E-state index in [0.717, 1.165) is 31.5 Å². The standard InChI is InChI=1S/C18H39N5/c1-6-19-18(21-17(5)9-8-16(3)4)20-10-11-23-14-12-22(7-2)13-15-23/h16-17H,6-15H2,1-5H3,(H2,19,20,21). The van der Waals surface area contributed by atoms with Crippen molar-refractivity contribution in [3.63, 3.8) is 0 Å². The van der Waals surface area contributed by atoms with E-state index in [1.165, 1.54) is 45.6 Å². The molecule has 1 saturated heterocycles. The van der Waals surface area contributed by atoms with Gasteiger partial charge in [0.2, 0.25) is 0 Å². The molecule has 2 N–H and O–H groups in total. The van der Waals surface area contributed by atoms with Crippen molar-refractivity contribution in [2.75, 3.05) is 52.4 Å². The highest BCUT2D eigenvalue weighted by molar-refractivity contribution is 5.80. The second-order valence-corrected chi connectivity index (χ2v) is 7.05. The summed E-state index contributed by atoms with van der Waals surface area (Å²) in [6.07, 6.45) is 2.45. The molecule has 23 heavy (non-hydrogen) atoms. The highest BCUT2D eigenvalue weighted by Crippen LogP contribution is 2.06. The van der Waals surface area contributed by atoms with Gasteiger partial charge in [0.05, 0.1) is 6.54 Å². The first-order chi connectivity index (χ1) is 11.0. The van der Waals surface area contributed by atoms with Crippen molar-refractivity contribution < 1.29 is 0 Å². The maximum absolute atomic E-state index is 4.75. The Balaban J connectivity index is 2.31. The smallest absolute Gasteiger partial charge is 0.191 e. The molecule has 1 unspecified atom stereocenters. The molecule has 0 saturated carbocycles. The van der Waals surface area contributed by atoms with Crippen LogP contribution >= 0.6 is 0 Å². The van der Waals surface area contributed by atoms with Gasteiger partial charge in [0, 0.05) is 45.3 Å². The predicted molar refractivity (Wildman–Crippen MR) is 101 cm³/mol. The van der Waals surface area contributed by atoms with Crippen molar-refractivity contribution in [3.05, 3.63) is 0 Å². The zero-order valence-electron chi connectivity index (χ0n) is 16.1. The molecule has 1 fully saturated rings. The molecule has 1 rings (SSSR count). The average Bonchev–Trinajstić information content (AvgIpc) is 2.53. The summed E-state index contributed by atoms with van der Waals surface area (Å²) < 4.78 is 0. The Morgan fingerprint density at radius 3 is 2.22 bits per heavy atom. The second-order valence-electron chi connectivity index (χ2n) is 7.05. The summed E-state index contributed by atoms with van der Waals surface area (Å²) in [4.78, 5) is 9.80. The van der Waals surface area contributed by atoms with Crippen LogP contribution in [0, 0.1) is 5.92 Å². The van der Waals surface area contributed by atoms with Gasteiger partial charge in [0.15, 0.2) is 5.96 Å². The van der Waals surface area contributed by atoms with Crippen LogP contribution < -0.4 is 10.6 Å². The summed E-state index contributed by atoms with van der Waals surface area (Å²) in [6, 6.07) is 0.475. The number of hydrogen-bond donors (Lipinski definition) is 2. The van der Waals surface area contributed by atoms with Gasteiger partial charge in [0.1, 0.15) is 0 Å². The molecule has 5 nitrogen and oxygen atoms in total. The largest absolute Gasteiger partial charge is 0.357 e. The van der Waals surface area contributed by atoms with Crippen LogP contribution in [0.15, 0.2) is 4.99 Å². The molecule has 0 radical (unpaired) electrons. The van der Waals surface area contributed by atoms with Crippen molar-refractivity contribution in [2.45, 2.75) is 53.5 Å². The lowest BCUT2D eigenvalue weighted by atomic mass is 10.0. The van der Waals surface area contributed by atoms with Crippen molar-refractivity contribution in [3.8, 4) is 0 Å². The van der Waals surface area contributed by atoms with Crippen molar-refractivity contribution in [1.29, 1.82) is 0 Å². The van der Waals surface area contributed by atoms with E-state index in [4.69, 9.17) is 4.99 Å². The average molecular weight is 326 g/mol. The van der Waals surface area contributed by atoms with Crippen molar-refractivity contribution in [1.82, 2.24) is 20.4 Å². The number of nitrogens with one attached hydrogen (secondary N) is 2. The molecule has 0 aliphatic carbocycles. The normalized spacial score (nSPS) is 19.1. The lowest BCUT2D eigenvalue weighted by Gasteiger charge is -2.33. The van der Waals surface area contributed by atoms with Crippen molar-refractivity contribution in [2.24, 2.45) is 10.9 Å². The van der Waals surface area contributed by atoms with Crippen LogP contribution in [-0.2, 0) is 0 Å². The minimum absolute atomic E-state index is 0.475.